The topological polar surface area (TPSA) is 337 Å². The van der Waals surface area contributed by atoms with E-state index in [1.54, 1.807) is 59.7 Å². The van der Waals surface area contributed by atoms with Crippen molar-refractivity contribution in [3.63, 3.8) is 0 Å². The molecule has 4 heterocycles. The van der Waals surface area contributed by atoms with Crippen molar-refractivity contribution in [3.8, 4) is 0 Å². The summed E-state index contributed by atoms with van der Waals surface area (Å²) in [5.74, 6) is -3.59. The summed E-state index contributed by atoms with van der Waals surface area (Å²) < 4.78 is 54.7. The SMILES string of the molecule is CC[C@H]1OC(=O)C[C@@H](O)[C@H](C)[C@@H](O[C@@H]2O[C@H](C)[C@@H](O[C@H]3C[C@@](C)(O)[C@@H](O)[C@H](C)O3)[C@H](N(C)C)[C@H]2O)[C@@H](CC=O)C[C@@H](C)C(=O)/C=C/C(C)=C/C1CO[C@@H]1O[C@H](C)[C@@H](O)[C@@H](OC)[C@H]1OC.C[C@@H](O)[C@@H](O)[C@@H](O)[C@@H](O)C=O. The number of aliphatic hydroxyl groups is 9. The molecular weight excluding hydrogens is 991 g/mol. The fraction of sp³-hybridized carbons (Fsp3) is 0.846. The van der Waals surface area contributed by atoms with E-state index in [1.165, 1.54) is 34.1 Å². The number of cyclic esters (lactones) is 1. The molecule has 0 saturated carbocycles. The molecule has 0 bridgehead atoms. The van der Waals surface area contributed by atoms with Crippen molar-refractivity contribution in [2.45, 2.75) is 223 Å². The first kappa shape index (κ1) is 66.5. The van der Waals surface area contributed by atoms with Crippen LogP contribution in [0.2, 0.25) is 0 Å². The molecule has 0 aromatic rings. The smallest absolute Gasteiger partial charge is 0.308 e. The van der Waals surface area contributed by atoms with Gasteiger partial charge in [0.15, 0.2) is 30.9 Å². The number of ketones is 1. The Kier molecular flexibility index (Phi) is 27.1. The van der Waals surface area contributed by atoms with Gasteiger partial charge in [0.25, 0.3) is 0 Å². The molecule has 23 heteroatoms. The lowest BCUT2D eigenvalue weighted by Crippen LogP contribution is -2.65. The van der Waals surface area contributed by atoms with Crippen LogP contribution in [0.15, 0.2) is 23.8 Å². The van der Waals surface area contributed by atoms with E-state index in [0.29, 0.717) is 12.0 Å². The molecule has 3 saturated heterocycles. The summed E-state index contributed by atoms with van der Waals surface area (Å²) in [6.07, 6.45) is -14.4. The second-order valence-corrected chi connectivity index (χ2v) is 21.1. The molecule has 0 amide bonds. The highest BCUT2D eigenvalue weighted by Crippen LogP contribution is 2.38. The third kappa shape index (κ3) is 18.1. The number of ether oxygens (including phenoxy) is 9. The van der Waals surface area contributed by atoms with Crippen LogP contribution in [-0.2, 0) is 61.8 Å². The van der Waals surface area contributed by atoms with Crippen molar-refractivity contribution in [3.05, 3.63) is 23.8 Å². The van der Waals surface area contributed by atoms with E-state index in [4.69, 9.17) is 63.1 Å². The predicted octanol–water partition coefficient (Wildman–Crippen LogP) is -0.518. The van der Waals surface area contributed by atoms with Crippen molar-refractivity contribution in [2.75, 3.05) is 34.9 Å². The van der Waals surface area contributed by atoms with Crippen LogP contribution in [0.4, 0.5) is 0 Å². The average molecular weight is 1080 g/mol. The van der Waals surface area contributed by atoms with Crippen molar-refractivity contribution in [1.82, 2.24) is 4.90 Å². The van der Waals surface area contributed by atoms with E-state index in [1.807, 2.05) is 19.9 Å². The van der Waals surface area contributed by atoms with Gasteiger partial charge in [-0.2, -0.15) is 0 Å². The van der Waals surface area contributed by atoms with Gasteiger partial charge in [-0.05, 0) is 80.5 Å². The number of methoxy groups -OCH3 is 2. The van der Waals surface area contributed by atoms with E-state index < -0.39 is 164 Å². The number of hydrogen-bond acceptors (Lipinski definition) is 23. The molecule has 0 radical (unpaired) electrons. The summed E-state index contributed by atoms with van der Waals surface area (Å²) in [6.45, 7) is 14.9. The highest BCUT2D eigenvalue weighted by Gasteiger charge is 2.52. The van der Waals surface area contributed by atoms with Gasteiger partial charge >= 0.3 is 5.97 Å². The third-order valence-corrected chi connectivity index (χ3v) is 14.7. The number of aliphatic hydroxyl groups excluding tert-OH is 8. The van der Waals surface area contributed by atoms with E-state index >= 15 is 0 Å². The molecule has 3 fully saturated rings. The van der Waals surface area contributed by atoms with Crippen molar-refractivity contribution < 1.29 is 108 Å². The van der Waals surface area contributed by atoms with Gasteiger partial charge in [0.1, 0.15) is 67.3 Å². The minimum absolute atomic E-state index is 0.00788. The first-order valence-electron chi connectivity index (χ1n) is 25.9. The summed E-state index contributed by atoms with van der Waals surface area (Å²) in [4.78, 5) is 51.4. The largest absolute Gasteiger partial charge is 0.462 e. The number of aldehydes is 2. The zero-order chi connectivity index (χ0) is 56.8. The molecule has 0 aromatic heterocycles. The van der Waals surface area contributed by atoms with E-state index in [2.05, 4.69) is 0 Å². The van der Waals surface area contributed by atoms with Gasteiger partial charge in [-0.15, -0.1) is 0 Å². The molecular formula is C52H89NO22. The summed E-state index contributed by atoms with van der Waals surface area (Å²) in [6, 6.07) is -0.748. The quantitative estimate of drug-likeness (QED) is 0.0654. The number of esters is 1. The first-order chi connectivity index (χ1) is 35.1. The van der Waals surface area contributed by atoms with Crippen LogP contribution < -0.4 is 0 Å². The highest BCUT2D eigenvalue weighted by atomic mass is 16.7. The van der Waals surface area contributed by atoms with Crippen LogP contribution in [0.1, 0.15) is 94.4 Å². The molecule has 4 rings (SSSR count). The minimum Gasteiger partial charge on any atom is -0.462 e. The Bertz CT molecular complexity index is 1820. The Hall–Kier alpha value is -2.76. The normalized spacial score (nSPS) is 42.4. The lowest BCUT2D eigenvalue weighted by atomic mass is 9.79. The summed E-state index contributed by atoms with van der Waals surface area (Å²) >= 11 is 0. The number of carbonyl (C=O) groups is 4. The third-order valence-electron chi connectivity index (χ3n) is 14.7. The Morgan fingerprint density at radius 3 is 2.00 bits per heavy atom. The summed E-state index contributed by atoms with van der Waals surface area (Å²) in [7, 11) is 6.43. The Labute approximate surface area is 441 Å². The molecule has 9 N–H and O–H groups in total. The molecule has 434 valence electrons. The highest BCUT2D eigenvalue weighted by molar-refractivity contribution is 5.91. The van der Waals surface area contributed by atoms with E-state index in [9.17, 15) is 44.7 Å². The van der Waals surface area contributed by atoms with Crippen molar-refractivity contribution in [1.29, 1.82) is 0 Å². The number of nitrogens with zero attached hydrogens (tertiary/aromatic N) is 1. The molecule has 0 aromatic carbocycles. The number of hydrogen-bond donors (Lipinski definition) is 9. The second kappa shape index (κ2) is 30.6. The zero-order valence-electron chi connectivity index (χ0n) is 45.8. The maximum atomic E-state index is 13.8. The fourth-order valence-corrected chi connectivity index (χ4v) is 10.1. The van der Waals surface area contributed by atoms with Gasteiger partial charge < -0.3 is 103 Å². The fourth-order valence-electron chi connectivity index (χ4n) is 10.1. The Morgan fingerprint density at radius 1 is 0.827 bits per heavy atom. The summed E-state index contributed by atoms with van der Waals surface area (Å²) in [5.41, 5.74) is -0.806. The molecule has 4 aliphatic heterocycles. The molecule has 1 unspecified atom stereocenters. The van der Waals surface area contributed by atoms with E-state index in [0.717, 1.165) is 6.29 Å². The molecule has 0 spiro atoms. The summed E-state index contributed by atoms with van der Waals surface area (Å²) in [5, 5.41) is 90.9. The van der Waals surface area contributed by atoms with Gasteiger partial charge in [-0.3, -0.25) is 9.59 Å². The lowest BCUT2D eigenvalue weighted by molar-refractivity contribution is -0.341. The van der Waals surface area contributed by atoms with Crippen LogP contribution >= 0.6 is 0 Å². The van der Waals surface area contributed by atoms with Crippen LogP contribution in [0.5, 0.6) is 0 Å². The van der Waals surface area contributed by atoms with E-state index in [-0.39, 0.29) is 37.9 Å². The van der Waals surface area contributed by atoms with Crippen molar-refractivity contribution in [2.24, 2.45) is 23.7 Å². The molecule has 0 aliphatic carbocycles. The van der Waals surface area contributed by atoms with Crippen LogP contribution in [0.25, 0.3) is 0 Å². The minimum atomic E-state index is -1.65. The number of likely N-dealkylation sites (N-methyl/N-ethyl adjacent to an activating group) is 1. The second-order valence-electron chi connectivity index (χ2n) is 21.1. The first-order valence-corrected chi connectivity index (χ1v) is 25.9. The molecule has 4 aliphatic rings. The standard InChI is InChI=1S/C46H77NO17.C6H12O5/c1-13-33-30(22-58-45-42(57-12)41(56-11)37(52)26(5)60-45)18-23(2)14-15-31(49)24(3)19-29(16-17-48)39(25(4)32(50)20-34(51)62-33)64-44-38(53)36(47(9)10)40(27(6)61-44)63-35-21-46(8,55)43(54)28(7)59-35;1-3(8)5(10)6(11)4(9)2-7/h14-15,17-18,24-30,32-33,35-45,50,52-55H,13,16,19-22H2,1-12H3;2-6,8-11H,1H3/b15-14+,23-18+;/t24-,25+,26-,27-,28+,29+,30?,32-,33-,35+,36-,37-,38-,39-,40-,41-,42-,43+,44+,45-,46-;3-,4+,5-,6+/m11/s1. The maximum Gasteiger partial charge on any atom is 0.308 e. The Morgan fingerprint density at radius 2 is 1.45 bits per heavy atom. The number of carbonyl (C=O) groups excluding carboxylic acids is 4. The molecule has 23 nitrogen and oxygen atoms in total. The van der Waals surface area contributed by atoms with Crippen LogP contribution in [0, 0.1) is 23.7 Å². The zero-order valence-corrected chi connectivity index (χ0v) is 45.8. The Balaban J connectivity index is 0.00000120. The van der Waals surface area contributed by atoms with Gasteiger partial charge in [-0.25, -0.2) is 0 Å². The van der Waals surface area contributed by atoms with Gasteiger partial charge in [0, 0.05) is 44.8 Å². The van der Waals surface area contributed by atoms with Gasteiger partial charge in [0.05, 0.1) is 61.3 Å². The molecule has 75 heavy (non-hydrogen) atoms. The van der Waals surface area contributed by atoms with Gasteiger partial charge in [-0.1, -0.05) is 38.5 Å². The lowest BCUT2D eigenvalue weighted by Gasteiger charge is -2.50. The monoisotopic (exact) mass is 1080 g/mol. The average Bonchev–Trinajstić information content (AvgIpc) is 3.35. The number of allylic oxidation sites excluding steroid dienone is 3. The molecule has 25 atom stereocenters. The predicted molar refractivity (Wildman–Crippen MR) is 266 cm³/mol. The van der Waals surface area contributed by atoms with Gasteiger partial charge in [0.2, 0.25) is 0 Å². The number of rotatable bonds is 17. The van der Waals surface area contributed by atoms with Crippen molar-refractivity contribution >= 4 is 24.3 Å². The van der Waals surface area contributed by atoms with Crippen LogP contribution in [0.3, 0.4) is 0 Å². The maximum absolute atomic E-state index is 13.8. The van der Waals surface area contributed by atoms with Crippen LogP contribution in [-0.4, -0.2) is 238 Å².